The number of rotatable bonds is 9. The van der Waals surface area contributed by atoms with Gasteiger partial charge < -0.3 is 21.7 Å². The fourth-order valence-electron chi connectivity index (χ4n) is 2.67. The van der Waals surface area contributed by atoms with Gasteiger partial charge >= 0.3 is 5.92 Å². The normalized spacial score (nSPS) is 14.4. The van der Waals surface area contributed by atoms with E-state index in [1.807, 2.05) is 0 Å². The number of alkyl halides is 2. The lowest BCUT2D eigenvalue weighted by Crippen LogP contribution is -2.45. The second-order valence-corrected chi connectivity index (χ2v) is 6.13. The average molecular weight is 422 g/mol. The number of hydrogen-bond acceptors (Lipinski definition) is 7. The summed E-state index contributed by atoms with van der Waals surface area (Å²) in [5.74, 6) is -6.56. The van der Waals surface area contributed by atoms with E-state index in [2.05, 4.69) is 15.5 Å². The molecule has 1 heterocycles. The molecule has 1 aromatic carbocycles. The van der Waals surface area contributed by atoms with E-state index in [4.69, 9.17) is 16.6 Å². The van der Waals surface area contributed by atoms with Crippen LogP contribution in [0.2, 0.25) is 0 Å². The number of allylic oxidation sites excluding steroid dienone is 1. The monoisotopic (exact) mass is 422 g/mol. The van der Waals surface area contributed by atoms with E-state index in [1.54, 1.807) is 0 Å². The van der Waals surface area contributed by atoms with Crippen molar-refractivity contribution in [2.45, 2.75) is 17.9 Å². The molecular formula is C19H18F4N6O. The molecule has 0 saturated heterocycles. The standard InChI is InChI=1S/C19H18F4N6O/c20-12-1-3-15(16(21)9-12)18(30,10-13(26)5-6-24)19(22,23)17-4-2-14(11-27-17)29-28-8-7-25/h1-9,11,24-25,29-30H,10,26H2/b13-5?,24-6?,25-7?,28-8-. The molecule has 158 valence electrons. The van der Waals surface area contributed by atoms with Crippen molar-refractivity contribution in [3.05, 3.63) is 71.2 Å². The van der Waals surface area contributed by atoms with Crippen LogP contribution in [-0.2, 0) is 11.5 Å². The first-order valence-corrected chi connectivity index (χ1v) is 8.41. The van der Waals surface area contributed by atoms with Crippen LogP contribution in [0.3, 0.4) is 0 Å². The molecule has 11 heteroatoms. The van der Waals surface area contributed by atoms with E-state index in [0.717, 1.165) is 43.0 Å². The molecule has 1 atom stereocenters. The van der Waals surface area contributed by atoms with Gasteiger partial charge in [-0.3, -0.25) is 10.4 Å². The van der Waals surface area contributed by atoms with Crippen molar-refractivity contribution >= 4 is 24.3 Å². The number of nitrogens with zero attached hydrogens (tertiary/aromatic N) is 2. The molecule has 0 aliphatic rings. The van der Waals surface area contributed by atoms with Crippen LogP contribution in [0.25, 0.3) is 0 Å². The molecule has 6 N–H and O–H groups in total. The summed E-state index contributed by atoms with van der Waals surface area (Å²) in [6, 6.07) is 3.89. The SMILES string of the molecule is N=CC=C(N)CC(O)(c1ccc(F)cc1F)C(F)(F)c1ccc(N/N=C\C=N)cn1. The molecule has 0 aliphatic carbocycles. The van der Waals surface area contributed by atoms with Crippen molar-refractivity contribution in [3.8, 4) is 0 Å². The third-order valence-corrected chi connectivity index (χ3v) is 4.08. The van der Waals surface area contributed by atoms with Crippen molar-refractivity contribution in [2.75, 3.05) is 5.43 Å². The first kappa shape index (κ1) is 22.7. The average Bonchev–Trinajstić information content (AvgIpc) is 2.68. The van der Waals surface area contributed by atoms with Gasteiger partial charge in [0, 0.05) is 36.2 Å². The minimum Gasteiger partial charge on any atom is -0.402 e. The Morgan fingerprint density at radius 2 is 1.93 bits per heavy atom. The Balaban J connectivity index is 2.55. The molecular weight excluding hydrogens is 404 g/mol. The van der Waals surface area contributed by atoms with Crippen LogP contribution in [-0.4, -0.2) is 28.7 Å². The first-order valence-electron chi connectivity index (χ1n) is 8.41. The van der Waals surface area contributed by atoms with Crippen molar-refractivity contribution in [1.29, 1.82) is 10.8 Å². The number of hydrogen-bond donors (Lipinski definition) is 5. The summed E-state index contributed by atoms with van der Waals surface area (Å²) in [4.78, 5) is 3.62. The number of nitrogens with two attached hydrogens (primary N) is 1. The van der Waals surface area contributed by atoms with Crippen LogP contribution in [0.1, 0.15) is 17.7 Å². The highest BCUT2D eigenvalue weighted by Crippen LogP contribution is 2.48. The molecule has 0 fully saturated rings. The van der Waals surface area contributed by atoms with Gasteiger partial charge in [-0.1, -0.05) is 6.07 Å². The minimum atomic E-state index is -4.16. The zero-order valence-electron chi connectivity index (χ0n) is 15.4. The quantitative estimate of drug-likeness (QED) is 0.241. The van der Waals surface area contributed by atoms with Crippen LogP contribution < -0.4 is 11.2 Å². The van der Waals surface area contributed by atoms with E-state index >= 15 is 8.78 Å². The number of pyridine rings is 1. The molecule has 1 aromatic heterocycles. The van der Waals surface area contributed by atoms with E-state index in [1.165, 1.54) is 6.07 Å². The predicted molar refractivity (Wildman–Crippen MR) is 105 cm³/mol. The molecule has 7 nitrogen and oxygen atoms in total. The molecule has 0 bridgehead atoms. The Kier molecular flexibility index (Phi) is 7.01. The fraction of sp³-hybridized carbons (Fsp3) is 0.158. The molecule has 30 heavy (non-hydrogen) atoms. The number of aromatic nitrogens is 1. The highest BCUT2D eigenvalue weighted by atomic mass is 19.3. The maximum atomic E-state index is 15.4. The van der Waals surface area contributed by atoms with Crippen molar-refractivity contribution in [1.82, 2.24) is 4.98 Å². The van der Waals surface area contributed by atoms with Crippen molar-refractivity contribution in [3.63, 3.8) is 0 Å². The smallest absolute Gasteiger partial charge is 0.322 e. The molecule has 2 aromatic rings. The van der Waals surface area contributed by atoms with Gasteiger partial charge in [-0.2, -0.15) is 13.9 Å². The van der Waals surface area contributed by atoms with Crippen LogP contribution >= 0.6 is 0 Å². The Morgan fingerprint density at radius 1 is 1.20 bits per heavy atom. The number of benzene rings is 1. The minimum absolute atomic E-state index is 0.215. The highest BCUT2D eigenvalue weighted by Gasteiger charge is 2.57. The van der Waals surface area contributed by atoms with Gasteiger partial charge in [-0.15, -0.1) is 0 Å². The second kappa shape index (κ2) is 9.27. The largest absolute Gasteiger partial charge is 0.402 e. The number of halogens is 4. The van der Waals surface area contributed by atoms with E-state index in [-0.39, 0.29) is 11.4 Å². The fourth-order valence-corrected chi connectivity index (χ4v) is 2.67. The van der Waals surface area contributed by atoms with Gasteiger partial charge in [0.2, 0.25) is 0 Å². The molecule has 0 amide bonds. The summed E-state index contributed by atoms with van der Waals surface area (Å²) in [5.41, 5.74) is 2.94. The third kappa shape index (κ3) is 4.69. The Morgan fingerprint density at radius 3 is 2.50 bits per heavy atom. The maximum absolute atomic E-state index is 15.4. The van der Waals surface area contributed by atoms with E-state index in [9.17, 15) is 13.9 Å². The van der Waals surface area contributed by atoms with Gasteiger partial charge in [0.1, 0.15) is 17.3 Å². The molecule has 0 spiro atoms. The summed E-state index contributed by atoms with van der Waals surface area (Å²) in [6.45, 7) is 0. The van der Waals surface area contributed by atoms with Gasteiger partial charge in [0.05, 0.1) is 18.1 Å². The van der Waals surface area contributed by atoms with Crippen LogP contribution in [0.4, 0.5) is 23.2 Å². The summed E-state index contributed by atoms with van der Waals surface area (Å²) < 4.78 is 58.5. The van der Waals surface area contributed by atoms with E-state index in [0.29, 0.717) is 12.1 Å². The molecule has 0 aliphatic heterocycles. The van der Waals surface area contributed by atoms with Crippen molar-refractivity contribution < 1.29 is 22.7 Å². The summed E-state index contributed by atoms with van der Waals surface area (Å²) in [7, 11) is 0. The first-order chi connectivity index (χ1) is 14.2. The third-order valence-electron chi connectivity index (χ3n) is 4.08. The van der Waals surface area contributed by atoms with Gasteiger partial charge in [0.25, 0.3) is 0 Å². The topological polar surface area (TPSA) is 131 Å². The molecule has 2 rings (SSSR count). The van der Waals surface area contributed by atoms with E-state index < -0.39 is 40.8 Å². The van der Waals surface area contributed by atoms with Crippen molar-refractivity contribution in [2.24, 2.45) is 10.8 Å². The number of anilines is 1. The number of nitrogens with one attached hydrogen (secondary N) is 3. The second-order valence-electron chi connectivity index (χ2n) is 6.13. The highest BCUT2D eigenvalue weighted by molar-refractivity contribution is 6.14. The number of hydrazone groups is 1. The van der Waals surface area contributed by atoms with Gasteiger partial charge in [-0.25, -0.2) is 8.78 Å². The lowest BCUT2D eigenvalue weighted by atomic mass is 9.81. The molecule has 1 unspecified atom stereocenters. The molecule has 0 radical (unpaired) electrons. The Labute approximate surface area is 169 Å². The maximum Gasteiger partial charge on any atom is 0.322 e. The summed E-state index contributed by atoms with van der Waals surface area (Å²) >= 11 is 0. The predicted octanol–water partition coefficient (Wildman–Crippen LogP) is 3.27. The van der Waals surface area contributed by atoms with Gasteiger partial charge in [-0.05, 0) is 24.3 Å². The molecule has 0 saturated carbocycles. The van der Waals surface area contributed by atoms with Crippen LogP contribution in [0.15, 0.2) is 53.4 Å². The zero-order valence-corrected chi connectivity index (χ0v) is 15.4. The van der Waals surface area contributed by atoms with Gasteiger partial charge in [0.15, 0.2) is 5.60 Å². The lowest BCUT2D eigenvalue weighted by molar-refractivity contribution is -0.198. The Hall–Kier alpha value is -3.60. The van der Waals surface area contributed by atoms with Crippen LogP contribution in [0, 0.1) is 22.5 Å². The van der Waals surface area contributed by atoms with Crippen LogP contribution in [0.5, 0.6) is 0 Å². The summed E-state index contributed by atoms with van der Waals surface area (Å²) in [6.07, 6.45) is 3.74. The zero-order chi connectivity index (χ0) is 22.4. The Bertz CT molecular complexity index is 977. The number of aliphatic hydroxyl groups is 1. The lowest BCUT2D eigenvalue weighted by Gasteiger charge is -2.36. The summed E-state index contributed by atoms with van der Waals surface area (Å²) in [5, 5.41) is 28.4.